The van der Waals surface area contributed by atoms with Gasteiger partial charge in [0.1, 0.15) is 5.82 Å². The van der Waals surface area contributed by atoms with Crippen LogP contribution in [-0.4, -0.2) is 10.1 Å². The number of aromatic nitrogens is 1. The second-order valence-corrected chi connectivity index (χ2v) is 4.50. The SMILES string of the molecule is Cc1cc(C(O)C(C)c2ccccn2)ccc1F. The molecule has 94 valence electrons. The van der Waals surface area contributed by atoms with E-state index < -0.39 is 6.10 Å². The molecule has 0 aliphatic heterocycles. The maximum atomic E-state index is 13.2. The summed E-state index contributed by atoms with van der Waals surface area (Å²) in [6.45, 7) is 3.60. The van der Waals surface area contributed by atoms with Crippen molar-refractivity contribution in [1.82, 2.24) is 4.98 Å². The quantitative estimate of drug-likeness (QED) is 0.899. The molecule has 0 saturated carbocycles. The monoisotopic (exact) mass is 245 g/mol. The molecule has 1 aromatic heterocycles. The van der Waals surface area contributed by atoms with Crippen LogP contribution in [0.5, 0.6) is 0 Å². The molecule has 2 atom stereocenters. The van der Waals surface area contributed by atoms with E-state index in [9.17, 15) is 9.50 Å². The van der Waals surface area contributed by atoms with Crippen LogP contribution < -0.4 is 0 Å². The van der Waals surface area contributed by atoms with Crippen LogP contribution in [0.4, 0.5) is 4.39 Å². The number of aliphatic hydroxyl groups is 1. The predicted octanol–water partition coefficient (Wildman–Crippen LogP) is 3.37. The van der Waals surface area contributed by atoms with Gasteiger partial charge in [0.2, 0.25) is 0 Å². The molecule has 0 saturated heterocycles. The standard InChI is InChI=1S/C15H16FNO/c1-10-9-12(6-7-13(10)16)15(18)11(2)14-5-3-4-8-17-14/h3-9,11,15,18H,1-2H3. The van der Waals surface area contributed by atoms with E-state index in [1.807, 2.05) is 25.1 Å². The second-order valence-electron chi connectivity index (χ2n) is 4.50. The van der Waals surface area contributed by atoms with E-state index in [4.69, 9.17) is 0 Å². The van der Waals surface area contributed by atoms with Gasteiger partial charge in [-0.25, -0.2) is 4.39 Å². The third-order valence-electron chi connectivity index (χ3n) is 3.15. The van der Waals surface area contributed by atoms with Crippen molar-refractivity contribution in [2.75, 3.05) is 0 Å². The molecule has 0 bridgehead atoms. The lowest BCUT2D eigenvalue weighted by molar-refractivity contribution is 0.150. The minimum Gasteiger partial charge on any atom is -0.388 e. The highest BCUT2D eigenvalue weighted by atomic mass is 19.1. The Hall–Kier alpha value is -1.74. The van der Waals surface area contributed by atoms with Gasteiger partial charge in [-0.05, 0) is 36.2 Å². The lowest BCUT2D eigenvalue weighted by Crippen LogP contribution is -2.09. The summed E-state index contributed by atoms with van der Waals surface area (Å²) in [5.41, 5.74) is 2.08. The first-order valence-corrected chi connectivity index (χ1v) is 5.94. The first-order valence-electron chi connectivity index (χ1n) is 5.94. The van der Waals surface area contributed by atoms with Gasteiger partial charge in [0, 0.05) is 17.8 Å². The van der Waals surface area contributed by atoms with Gasteiger partial charge in [-0.15, -0.1) is 0 Å². The summed E-state index contributed by atoms with van der Waals surface area (Å²) in [5.74, 6) is -0.382. The Morgan fingerprint density at radius 1 is 1.22 bits per heavy atom. The summed E-state index contributed by atoms with van der Waals surface area (Å²) < 4.78 is 13.2. The normalized spacial score (nSPS) is 14.2. The van der Waals surface area contributed by atoms with E-state index >= 15 is 0 Å². The second kappa shape index (κ2) is 5.27. The molecule has 0 aliphatic carbocycles. The minimum atomic E-state index is -0.681. The molecule has 2 nitrogen and oxygen atoms in total. The molecule has 0 aliphatic rings. The van der Waals surface area contributed by atoms with Crippen molar-refractivity contribution in [1.29, 1.82) is 0 Å². The molecule has 0 radical (unpaired) electrons. The van der Waals surface area contributed by atoms with Gasteiger partial charge in [-0.1, -0.05) is 25.1 Å². The first kappa shape index (κ1) is 12.7. The number of aliphatic hydroxyl groups excluding tert-OH is 1. The number of hydrogen-bond acceptors (Lipinski definition) is 2. The predicted molar refractivity (Wildman–Crippen MR) is 68.7 cm³/mol. The number of nitrogens with zero attached hydrogens (tertiary/aromatic N) is 1. The van der Waals surface area contributed by atoms with Gasteiger partial charge < -0.3 is 5.11 Å². The first-order chi connectivity index (χ1) is 8.59. The Bertz CT molecular complexity index is 527. The molecular weight excluding hydrogens is 229 g/mol. The zero-order valence-corrected chi connectivity index (χ0v) is 10.5. The Morgan fingerprint density at radius 3 is 2.61 bits per heavy atom. The van der Waals surface area contributed by atoms with Crippen molar-refractivity contribution in [2.24, 2.45) is 0 Å². The van der Waals surface area contributed by atoms with Gasteiger partial charge in [-0.2, -0.15) is 0 Å². The molecule has 0 amide bonds. The van der Waals surface area contributed by atoms with Gasteiger partial charge in [0.25, 0.3) is 0 Å². The lowest BCUT2D eigenvalue weighted by atomic mass is 9.93. The minimum absolute atomic E-state index is 0.129. The highest BCUT2D eigenvalue weighted by molar-refractivity contribution is 5.28. The van der Waals surface area contributed by atoms with Gasteiger partial charge in [0.15, 0.2) is 0 Å². The van der Waals surface area contributed by atoms with Crippen LogP contribution in [0, 0.1) is 12.7 Å². The molecule has 18 heavy (non-hydrogen) atoms. The van der Waals surface area contributed by atoms with Crippen molar-refractivity contribution in [3.63, 3.8) is 0 Å². The van der Waals surface area contributed by atoms with Crippen LogP contribution in [0.15, 0.2) is 42.6 Å². The van der Waals surface area contributed by atoms with Crippen molar-refractivity contribution >= 4 is 0 Å². The third-order valence-corrected chi connectivity index (χ3v) is 3.15. The van der Waals surface area contributed by atoms with Gasteiger partial charge in [-0.3, -0.25) is 4.98 Å². The van der Waals surface area contributed by atoms with Crippen LogP contribution in [0.3, 0.4) is 0 Å². The van der Waals surface area contributed by atoms with Crippen LogP contribution in [0.1, 0.15) is 35.8 Å². The fraction of sp³-hybridized carbons (Fsp3) is 0.267. The van der Waals surface area contributed by atoms with Crippen molar-refractivity contribution < 1.29 is 9.50 Å². The molecule has 3 heteroatoms. The van der Waals surface area contributed by atoms with E-state index in [0.29, 0.717) is 11.1 Å². The number of pyridine rings is 1. The van der Waals surface area contributed by atoms with Gasteiger partial charge in [0.05, 0.1) is 6.10 Å². The van der Waals surface area contributed by atoms with Crippen LogP contribution in [0.2, 0.25) is 0 Å². The van der Waals surface area contributed by atoms with E-state index in [2.05, 4.69) is 4.98 Å². The van der Waals surface area contributed by atoms with Crippen LogP contribution >= 0.6 is 0 Å². The maximum Gasteiger partial charge on any atom is 0.126 e. The highest BCUT2D eigenvalue weighted by Crippen LogP contribution is 2.29. The smallest absolute Gasteiger partial charge is 0.126 e. The third kappa shape index (κ3) is 2.57. The van der Waals surface area contributed by atoms with E-state index in [0.717, 1.165) is 5.69 Å². The maximum absolute atomic E-state index is 13.2. The number of hydrogen-bond donors (Lipinski definition) is 1. The Balaban J connectivity index is 2.25. The largest absolute Gasteiger partial charge is 0.388 e. The Labute approximate surface area is 106 Å². The van der Waals surface area contributed by atoms with Crippen molar-refractivity contribution in [3.8, 4) is 0 Å². The zero-order chi connectivity index (χ0) is 13.1. The molecule has 1 aromatic carbocycles. The van der Waals surface area contributed by atoms with E-state index in [1.54, 1.807) is 25.3 Å². The molecule has 1 N–H and O–H groups in total. The Kier molecular flexibility index (Phi) is 3.72. The molecule has 2 rings (SSSR count). The van der Waals surface area contributed by atoms with E-state index in [1.165, 1.54) is 6.07 Å². The van der Waals surface area contributed by atoms with Crippen molar-refractivity contribution in [2.45, 2.75) is 25.9 Å². The summed E-state index contributed by atoms with van der Waals surface area (Å²) in [7, 11) is 0. The van der Waals surface area contributed by atoms with Crippen LogP contribution in [-0.2, 0) is 0 Å². The zero-order valence-electron chi connectivity index (χ0n) is 10.5. The summed E-state index contributed by atoms with van der Waals surface area (Å²) in [6, 6.07) is 10.3. The number of benzene rings is 1. The molecular formula is C15H16FNO. The topological polar surface area (TPSA) is 33.1 Å². The number of halogens is 1. The average molecular weight is 245 g/mol. The molecule has 2 unspecified atom stereocenters. The number of aryl methyl sites for hydroxylation is 1. The fourth-order valence-electron chi connectivity index (χ4n) is 1.95. The van der Waals surface area contributed by atoms with Gasteiger partial charge >= 0.3 is 0 Å². The summed E-state index contributed by atoms with van der Waals surface area (Å²) in [5, 5.41) is 10.3. The summed E-state index contributed by atoms with van der Waals surface area (Å²) >= 11 is 0. The van der Waals surface area contributed by atoms with Crippen LogP contribution in [0.25, 0.3) is 0 Å². The summed E-state index contributed by atoms with van der Waals surface area (Å²) in [6.07, 6.45) is 1.02. The van der Waals surface area contributed by atoms with Crippen molar-refractivity contribution in [3.05, 3.63) is 65.2 Å². The fourth-order valence-corrected chi connectivity index (χ4v) is 1.95. The number of rotatable bonds is 3. The molecule has 0 spiro atoms. The molecule has 0 fully saturated rings. The Morgan fingerprint density at radius 2 is 2.00 bits per heavy atom. The molecule has 2 aromatic rings. The van der Waals surface area contributed by atoms with E-state index in [-0.39, 0.29) is 11.7 Å². The molecule has 1 heterocycles. The average Bonchev–Trinajstić information content (AvgIpc) is 2.41. The lowest BCUT2D eigenvalue weighted by Gasteiger charge is -2.19. The summed E-state index contributed by atoms with van der Waals surface area (Å²) in [4.78, 5) is 4.23. The highest BCUT2D eigenvalue weighted by Gasteiger charge is 2.19.